The van der Waals surface area contributed by atoms with Crippen molar-refractivity contribution in [1.29, 1.82) is 0 Å². The molecule has 0 amide bonds. The lowest BCUT2D eigenvalue weighted by Gasteiger charge is -2.07. The van der Waals surface area contributed by atoms with Gasteiger partial charge >= 0.3 is 0 Å². The molecule has 0 aliphatic rings. The van der Waals surface area contributed by atoms with E-state index in [1.165, 1.54) is 12.1 Å². The minimum absolute atomic E-state index is 0.0286. The number of aromatic hydroxyl groups is 1. The quantitative estimate of drug-likeness (QED) is 0.499. The number of para-hydroxylation sites is 1. The summed E-state index contributed by atoms with van der Waals surface area (Å²) in [5, 5.41) is 11.2. The largest absolute Gasteiger partial charge is 0.494 e. The van der Waals surface area contributed by atoms with Crippen LogP contribution >= 0.6 is 0 Å². The number of aromatic nitrogens is 1. The van der Waals surface area contributed by atoms with Crippen LogP contribution in [-0.2, 0) is 0 Å². The molecule has 0 atom stereocenters. The van der Waals surface area contributed by atoms with Crippen LogP contribution in [0.2, 0.25) is 0 Å². The monoisotopic (exact) mass is 330 g/mol. The molecule has 1 aromatic heterocycles. The normalized spacial score (nSPS) is 11.8. The first-order chi connectivity index (χ1) is 12.2. The number of aliphatic imine (C=N–C) groups is 1. The van der Waals surface area contributed by atoms with Crippen LogP contribution in [0.4, 0.5) is 10.1 Å². The molecule has 0 unspecified atom stereocenters. The Bertz CT molecular complexity index is 1050. The van der Waals surface area contributed by atoms with Crippen molar-refractivity contribution in [3.8, 4) is 5.88 Å². The topological polar surface area (TPSA) is 48.4 Å². The third-order valence-corrected chi connectivity index (χ3v) is 4.02. The van der Waals surface area contributed by atoms with Gasteiger partial charge in [0.1, 0.15) is 5.82 Å². The maximum atomic E-state index is 13.5. The molecule has 0 bridgehead atoms. The number of fused-ring (bicyclic) bond motifs is 1. The summed E-state index contributed by atoms with van der Waals surface area (Å²) in [5.41, 5.74) is 3.36. The molecule has 0 saturated carbocycles. The lowest BCUT2D eigenvalue weighted by atomic mass is 10.0. The number of aromatic amines is 1. The fourth-order valence-electron chi connectivity index (χ4n) is 2.89. The molecule has 3 aromatic carbocycles. The Balaban J connectivity index is 1.99. The first-order valence-electron chi connectivity index (χ1n) is 7.92. The molecular formula is C21H15FN2O. The summed E-state index contributed by atoms with van der Waals surface area (Å²) in [5.74, 6) is -0.388. The van der Waals surface area contributed by atoms with Gasteiger partial charge in [0.05, 0.1) is 22.5 Å². The van der Waals surface area contributed by atoms with Crippen LogP contribution in [0.3, 0.4) is 0 Å². The third-order valence-electron chi connectivity index (χ3n) is 4.02. The predicted octanol–water partition coefficient (Wildman–Crippen LogP) is 5.18. The Morgan fingerprint density at radius 1 is 0.880 bits per heavy atom. The summed E-state index contributed by atoms with van der Waals surface area (Å²) in [6, 6.07) is 23.6. The van der Waals surface area contributed by atoms with E-state index in [9.17, 15) is 9.50 Å². The molecule has 4 rings (SSSR count). The SMILES string of the molecule is Oc1[nH]c2cc(F)ccc2c1C(=Nc1ccccc1)c1ccccc1. The molecule has 0 aliphatic heterocycles. The Hall–Kier alpha value is -3.40. The maximum absolute atomic E-state index is 13.5. The zero-order valence-electron chi connectivity index (χ0n) is 13.3. The minimum Gasteiger partial charge on any atom is -0.494 e. The molecule has 0 fully saturated rings. The highest BCUT2D eigenvalue weighted by molar-refractivity contribution is 6.21. The molecule has 3 nitrogen and oxygen atoms in total. The zero-order valence-corrected chi connectivity index (χ0v) is 13.3. The lowest BCUT2D eigenvalue weighted by molar-refractivity contribution is 0.457. The Kier molecular flexibility index (Phi) is 3.78. The molecular weight excluding hydrogens is 315 g/mol. The molecule has 25 heavy (non-hydrogen) atoms. The number of halogens is 1. The first kappa shape index (κ1) is 15.1. The van der Waals surface area contributed by atoms with Crippen LogP contribution in [0.5, 0.6) is 5.88 Å². The van der Waals surface area contributed by atoms with E-state index in [0.717, 1.165) is 16.6 Å². The summed E-state index contributed by atoms with van der Waals surface area (Å²) in [7, 11) is 0. The van der Waals surface area contributed by atoms with Gasteiger partial charge in [0.15, 0.2) is 5.88 Å². The molecule has 4 aromatic rings. The van der Waals surface area contributed by atoms with E-state index in [-0.39, 0.29) is 11.7 Å². The second-order valence-corrected chi connectivity index (χ2v) is 5.70. The van der Waals surface area contributed by atoms with E-state index in [1.807, 2.05) is 60.7 Å². The molecule has 2 N–H and O–H groups in total. The number of hydrogen-bond acceptors (Lipinski definition) is 2. The molecule has 0 aliphatic carbocycles. The Morgan fingerprint density at radius 3 is 2.28 bits per heavy atom. The van der Waals surface area contributed by atoms with Crippen molar-refractivity contribution in [2.75, 3.05) is 0 Å². The van der Waals surface area contributed by atoms with Crippen molar-refractivity contribution in [2.24, 2.45) is 4.99 Å². The summed E-state index contributed by atoms with van der Waals surface area (Å²) in [4.78, 5) is 7.59. The molecule has 0 saturated heterocycles. The lowest BCUT2D eigenvalue weighted by Crippen LogP contribution is -2.02. The zero-order chi connectivity index (χ0) is 17.2. The van der Waals surface area contributed by atoms with E-state index in [2.05, 4.69) is 4.98 Å². The fourth-order valence-corrected chi connectivity index (χ4v) is 2.89. The van der Waals surface area contributed by atoms with Gasteiger partial charge in [-0.15, -0.1) is 0 Å². The van der Waals surface area contributed by atoms with E-state index < -0.39 is 0 Å². The van der Waals surface area contributed by atoms with Gasteiger partial charge < -0.3 is 10.1 Å². The van der Waals surface area contributed by atoms with Gasteiger partial charge in [-0.2, -0.15) is 0 Å². The summed E-state index contributed by atoms with van der Waals surface area (Å²) >= 11 is 0. The van der Waals surface area contributed by atoms with Crippen molar-refractivity contribution in [3.05, 3.63) is 95.8 Å². The fraction of sp³-hybridized carbons (Fsp3) is 0. The second-order valence-electron chi connectivity index (χ2n) is 5.70. The number of nitrogens with one attached hydrogen (secondary N) is 1. The van der Waals surface area contributed by atoms with Crippen LogP contribution in [0.15, 0.2) is 83.9 Å². The Labute approximate surface area is 144 Å². The Morgan fingerprint density at radius 2 is 1.56 bits per heavy atom. The summed E-state index contributed by atoms with van der Waals surface area (Å²) in [6.45, 7) is 0. The van der Waals surface area contributed by atoms with Gasteiger partial charge in [0.25, 0.3) is 0 Å². The van der Waals surface area contributed by atoms with Crippen molar-refractivity contribution >= 4 is 22.3 Å². The average molecular weight is 330 g/mol. The number of H-pyrrole nitrogens is 1. The van der Waals surface area contributed by atoms with E-state index in [4.69, 9.17) is 4.99 Å². The van der Waals surface area contributed by atoms with Gasteiger partial charge in [-0.3, -0.25) is 0 Å². The van der Waals surface area contributed by atoms with Gasteiger partial charge in [0, 0.05) is 10.9 Å². The summed E-state index contributed by atoms with van der Waals surface area (Å²) in [6.07, 6.45) is 0. The predicted molar refractivity (Wildman–Crippen MR) is 98.1 cm³/mol. The number of rotatable bonds is 3. The van der Waals surface area contributed by atoms with Gasteiger partial charge in [-0.05, 0) is 30.3 Å². The van der Waals surface area contributed by atoms with Crippen molar-refractivity contribution in [3.63, 3.8) is 0 Å². The number of nitrogens with zero attached hydrogens (tertiary/aromatic N) is 1. The standard InChI is InChI=1S/C21H15FN2O/c22-15-11-12-17-18(13-15)24-21(25)19(17)20(14-7-3-1-4-8-14)23-16-9-5-2-6-10-16/h1-13,24-25H. The first-order valence-corrected chi connectivity index (χ1v) is 7.92. The number of hydrogen-bond donors (Lipinski definition) is 2. The molecule has 0 radical (unpaired) electrons. The highest BCUT2D eigenvalue weighted by atomic mass is 19.1. The van der Waals surface area contributed by atoms with E-state index in [0.29, 0.717) is 16.8 Å². The van der Waals surface area contributed by atoms with Crippen LogP contribution in [-0.4, -0.2) is 15.8 Å². The van der Waals surface area contributed by atoms with Gasteiger partial charge in [0.2, 0.25) is 0 Å². The maximum Gasteiger partial charge on any atom is 0.199 e. The van der Waals surface area contributed by atoms with Crippen molar-refractivity contribution in [2.45, 2.75) is 0 Å². The average Bonchev–Trinajstić information content (AvgIpc) is 2.96. The number of benzene rings is 3. The molecule has 0 spiro atoms. The smallest absolute Gasteiger partial charge is 0.199 e. The van der Waals surface area contributed by atoms with Crippen molar-refractivity contribution < 1.29 is 9.50 Å². The van der Waals surface area contributed by atoms with E-state index in [1.54, 1.807) is 6.07 Å². The molecule has 122 valence electrons. The highest BCUT2D eigenvalue weighted by Crippen LogP contribution is 2.31. The molecule has 4 heteroatoms. The minimum atomic E-state index is -0.360. The molecule has 1 heterocycles. The van der Waals surface area contributed by atoms with Gasteiger partial charge in [-0.25, -0.2) is 9.38 Å². The van der Waals surface area contributed by atoms with Crippen LogP contribution in [0, 0.1) is 5.82 Å². The van der Waals surface area contributed by atoms with Crippen LogP contribution in [0.25, 0.3) is 10.9 Å². The van der Waals surface area contributed by atoms with Gasteiger partial charge in [-0.1, -0.05) is 48.5 Å². The van der Waals surface area contributed by atoms with Crippen LogP contribution < -0.4 is 0 Å². The highest BCUT2D eigenvalue weighted by Gasteiger charge is 2.18. The second kappa shape index (κ2) is 6.24. The third kappa shape index (κ3) is 2.90. The summed E-state index contributed by atoms with van der Waals surface area (Å²) < 4.78 is 13.5. The van der Waals surface area contributed by atoms with Crippen molar-refractivity contribution in [1.82, 2.24) is 4.98 Å². The van der Waals surface area contributed by atoms with Crippen LogP contribution in [0.1, 0.15) is 11.1 Å². The van der Waals surface area contributed by atoms with E-state index >= 15 is 0 Å².